The molecule has 2 heteroatoms. The van der Waals surface area contributed by atoms with E-state index in [2.05, 4.69) is 18.7 Å². The van der Waals surface area contributed by atoms with Gasteiger partial charge in [-0.05, 0) is 65.3 Å². The number of nitrogens with zero attached hydrogens (tertiary/aromatic N) is 1. The van der Waals surface area contributed by atoms with Crippen LogP contribution in [0.25, 0.3) is 0 Å². The molecule has 1 rings (SSSR count). The first-order valence-electron chi connectivity index (χ1n) is 6.51. The number of aliphatic hydroxyl groups is 1. The van der Waals surface area contributed by atoms with E-state index < -0.39 is 0 Å². The monoisotopic (exact) mass is 213 g/mol. The van der Waals surface area contributed by atoms with Gasteiger partial charge in [-0.25, -0.2) is 0 Å². The van der Waals surface area contributed by atoms with Crippen molar-refractivity contribution in [2.45, 2.75) is 65.0 Å². The van der Waals surface area contributed by atoms with Gasteiger partial charge >= 0.3 is 0 Å². The van der Waals surface area contributed by atoms with Crippen molar-refractivity contribution in [1.29, 1.82) is 0 Å². The molecule has 1 fully saturated rings. The number of rotatable bonds is 8. The molecule has 0 aliphatic heterocycles. The first kappa shape index (κ1) is 13.0. The minimum Gasteiger partial charge on any atom is -0.393 e. The number of aliphatic hydroxyl groups excluding tert-OH is 1. The minimum absolute atomic E-state index is 0.124. The zero-order valence-corrected chi connectivity index (χ0v) is 10.6. The molecule has 0 amide bonds. The van der Waals surface area contributed by atoms with E-state index in [9.17, 15) is 0 Å². The van der Waals surface area contributed by atoms with E-state index in [4.69, 9.17) is 5.11 Å². The van der Waals surface area contributed by atoms with Gasteiger partial charge in [-0.15, -0.1) is 0 Å². The van der Waals surface area contributed by atoms with Crippen molar-refractivity contribution in [2.24, 2.45) is 5.92 Å². The highest BCUT2D eigenvalue weighted by atomic mass is 16.3. The molecule has 0 aromatic heterocycles. The fourth-order valence-corrected chi connectivity index (χ4v) is 1.95. The molecule has 1 atom stereocenters. The van der Waals surface area contributed by atoms with Crippen LogP contribution in [-0.2, 0) is 0 Å². The van der Waals surface area contributed by atoms with Crippen LogP contribution in [0.1, 0.15) is 52.9 Å². The second kappa shape index (κ2) is 6.49. The Hall–Kier alpha value is -0.0800. The molecule has 0 aromatic carbocycles. The summed E-state index contributed by atoms with van der Waals surface area (Å²) < 4.78 is 0. The van der Waals surface area contributed by atoms with Crippen LogP contribution < -0.4 is 0 Å². The van der Waals surface area contributed by atoms with Gasteiger partial charge in [-0.2, -0.15) is 0 Å². The van der Waals surface area contributed by atoms with Gasteiger partial charge in [-0.1, -0.05) is 0 Å². The topological polar surface area (TPSA) is 23.5 Å². The molecule has 15 heavy (non-hydrogen) atoms. The summed E-state index contributed by atoms with van der Waals surface area (Å²) in [5.74, 6) is 0.990. The summed E-state index contributed by atoms with van der Waals surface area (Å²) in [6.45, 7) is 8.96. The lowest BCUT2D eigenvalue weighted by Gasteiger charge is -2.26. The van der Waals surface area contributed by atoms with Crippen molar-refractivity contribution < 1.29 is 5.11 Å². The molecule has 0 saturated heterocycles. The van der Waals surface area contributed by atoms with E-state index in [1.807, 2.05) is 6.92 Å². The Bertz CT molecular complexity index is 164. The third kappa shape index (κ3) is 6.16. The summed E-state index contributed by atoms with van der Waals surface area (Å²) in [5, 5.41) is 9.17. The molecule has 1 saturated carbocycles. The number of hydrogen-bond donors (Lipinski definition) is 1. The highest BCUT2D eigenvalue weighted by Gasteiger charge is 2.24. The first-order chi connectivity index (χ1) is 7.09. The largest absolute Gasteiger partial charge is 0.393 e. The number of hydrogen-bond acceptors (Lipinski definition) is 2. The highest BCUT2D eigenvalue weighted by Crippen LogP contribution is 2.30. The second-order valence-corrected chi connectivity index (χ2v) is 5.38. The SMILES string of the molecule is CC(O)CCCCN(CC1CC1)C(C)C. The summed E-state index contributed by atoms with van der Waals surface area (Å²) >= 11 is 0. The smallest absolute Gasteiger partial charge is 0.0512 e. The molecule has 2 nitrogen and oxygen atoms in total. The van der Waals surface area contributed by atoms with E-state index in [-0.39, 0.29) is 6.10 Å². The maximum Gasteiger partial charge on any atom is 0.0512 e. The van der Waals surface area contributed by atoms with Gasteiger partial charge in [0, 0.05) is 12.6 Å². The second-order valence-electron chi connectivity index (χ2n) is 5.38. The van der Waals surface area contributed by atoms with Gasteiger partial charge in [-0.3, -0.25) is 0 Å². The van der Waals surface area contributed by atoms with Crippen LogP contribution in [0.2, 0.25) is 0 Å². The Balaban J connectivity index is 2.08. The van der Waals surface area contributed by atoms with Gasteiger partial charge in [0.1, 0.15) is 0 Å². The van der Waals surface area contributed by atoms with Crippen LogP contribution in [0.5, 0.6) is 0 Å². The fourth-order valence-electron chi connectivity index (χ4n) is 1.95. The molecule has 0 heterocycles. The maximum absolute atomic E-state index is 9.17. The number of unbranched alkanes of at least 4 members (excludes halogenated alkanes) is 1. The van der Waals surface area contributed by atoms with Gasteiger partial charge in [0.15, 0.2) is 0 Å². The summed E-state index contributed by atoms with van der Waals surface area (Å²) in [4.78, 5) is 2.60. The molecule has 1 aliphatic carbocycles. The Kier molecular flexibility index (Phi) is 5.62. The summed E-state index contributed by atoms with van der Waals surface area (Å²) in [5.41, 5.74) is 0. The van der Waals surface area contributed by atoms with Crippen molar-refractivity contribution in [3.05, 3.63) is 0 Å². The molecule has 0 radical (unpaired) electrons. The average Bonchev–Trinajstić information content (AvgIpc) is 2.93. The summed E-state index contributed by atoms with van der Waals surface area (Å²) in [6, 6.07) is 0.678. The Labute approximate surface area is 94.7 Å². The maximum atomic E-state index is 9.17. The fraction of sp³-hybridized carbons (Fsp3) is 1.00. The van der Waals surface area contributed by atoms with Crippen LogP contribution >= 0.6 is 0 Å². The molecule has 1 unspecified atom stereocenters. The van der Waals surface area contributed by atoms with E-state index in [0.717, 1.165) is 18.8 Å². The van der Waals surface area contributed by atoms with E-state index in [0.29, 0.717) is 6.04 Å². The summed E-state index contributed by atoms with van der Waals surface area (Å²) in [6.07, 6.45) is 6.10. The molecule has 0 bridgehead atoms. The molecule has 90 valence electrons. The lowest BCUT2D eigenvalue weighted by molar-refractivity contribution is 0.171. The van der Waals surface area contributed by atoms with Gasteiger partial charge in [0.2, 0.25) is 0 Å². The predicted molar refractivity (Wildman–Crippen MR) is 65.0 cm³/mol. The normalized spacial score (nSPS) is 18.8. The molecule has 0 aromatic rings. The lowest BCUT2D eigenvalue weighted by Crippen LogP contribution is -2.33. The van der Waals surface area contributed by atoms with Crippen molar-refractivity contribution in [3.63, 3.8) is 0 Å². The van der Waals surface area contributed by atoms with Crippen LogP contribution in [0, 0.1) is 5.92 Å². The average molecular weight is 213 g/mol. The standard InChI is InChI=1S/C13H27NO/c1-11(2)14(10-13-7-8-13)9-5-4-6-12(3)15/h11-13,15H,4-10H2,1-3H3. The van der Waals surface area contributed by atoms with Crippen molar-refractivity contribution in [1.82, 2.24) is 4.90 Å². The zero-order chi connectivity index (χ0) is 11.3. The van der Waals surface area contributed by atoms with Crippen molar-refractivity contribution in [2.75, 3.05) is 13.1 Å². The molecular formula is C13H27NO. The van der Waals surface area contributed by atoms with Crippen LogP contribution in [-0.4, -0.2) is 35.2 Å². The Morgan fingerprint density at radius 2 is 1.87 bits per heavy atom. The van der Waals surface area contributed by atoms with Gasteiger partial charge in [0.25, 0.3) is 0 Å². The Morgan fingerprint density at radius 1 is 1.20 bits per heavy atom. The van der Waals surface area contributed by atoms with Gasteiger partial charge < -0.3 is 10.0 Å². The third-order valence-corrected chi connectivity index (χ3v) is 3.24. The highest BCUT2D eigenvalue weighted by molar-refractivity contribution is 4.78. The first-order valence-corrected chi connectivity index (χ1v) is 6.51. The Morgan fingerprint density at radius 3 is 2.33 bits per heavy atom. The molecule has 1 N–H and O–H groups in total. The lowest BCUT2D eigenvalue weighted by atomic mass is 10.1. The van der Waals surface area contributed by atoms with Crippen LogP contribution in [0.4, 0.5) is 0 Å². The molecule has 1 aliphatic rings. The van der Waals surface area contributed by atoms with E-state index in [1.54, 1.807) is 0 Å². The predicted octanol–water partition coefficient (Wildman–Crippen LogP) is 2.66. The summed E-state index contributed by atoms with van der Waals surface area (Å²) in [7, 11) is 0. The third-order valence-electron chi connectivity index (χ3n) is 3.24. The quantitative estimate of drug-likeness (QED) is 0.627. The molecule has 0 spiro atoms. The minimum atomic E-state index is -0.124. The van der Waals surface area contributed by atoms with Crippen LogP contribution in [0.15, 0.2) is 0 Å². The zero-order valence-electron chi connectivity index (χ0n) is 10.6. The van der Waals surface area contributed by atoms with Crippen molar-refractivity contribution in [3.8, 4) is 0 Å². The van der Waals surface area contributed by atoms with Gasteiger partial charge in [0.05, 0.1) is 6.10 Å². The van der Waals surface area contributed by atoms with Crippen LogP contribution in [0.3, 0.4) is 0 Å². The van der Waals surface area contributed by atoms with E-state index >= 15 is 0 Å². The van der Waals surface area contributed by atoms with Crippen molar-refractivity contribution >= 4 is 0 Å². The van der Waals surface area contributed by atoms with E-state index in [1.165, 1.54) is 32.4 Å². The molecular weight excluding hydrogens is 186 g/mol.